The lowest BCUT2D eigenvalue weighted by Crippen LogP contribution is -2.41. The zero-order valence-corrected chi connectivity index (χ0v) is 18.3. The van der Waals surface area contributed by atoms with Crippen LogP contribution < -0.4 is 11.1 Å². The van der Waals surface area contributed by atoms with E-state index in [4.69, 9.17) is 28.9 Å². The van der Waals surface area contributed by atoms with Crippen molar-refractivity contribution >= 4 is 50.7 Å². The minimum Gasteiger partial charge on any atom is -0.366 e. The molecule has 0 aromatic heterocycles. The molecule has 2 aromatic carbocycles. The predicted molar refractivity (Wildman–Crippen MR) is 117 cm³/mol. The number of piperidine rings is 1. The van der Waals surface area contributed by atoms with Gasteiger partial charge in [-0.2, -0.15) is 0 Å². The van der Waals surface area contributed by atoms with Crippen molar-refractivity contribution in [1.29, 1.82) is 0 Å². The molecule has 0 saturated carbocycles. The van der Waals surface area contributed by atoms with Gasteiger partial charge in [-0.25, -0.2) is 12.7 Å². The second-order valence-corrected chi connectivity index (χ2v) is 9.90. The molecule has 1 heterocycles. The van der Waals surface area contributed by atoms with Crippen molar-refractivity contribution in [3.63, 3.8) is 0 Å². The van der Waals surface area contributed by atoms with Crippen LogP contribution in [0.25, 0.3) is 0 Å². The zero-order valence-electron chi connectivity index (χ0n) is 16.0. The molecule has 7 nitrogen and oxygen atoms in total. The van der Waals surface area contributed by atoms with Gasteiger partial charge in [0.25, 0.3) is 0 Å². The van der Waals surface area contributed by atoms with E-state index in [1.54, 1.807) is 36.4 Å². The molecular formula is C20H21Cl2N3O4S. The van der Waals surface area contributed by atoms with Crippen molar-refractivity contribution < 1.29 is 18.0 Å². The summed E-state index contributed by atoms with van der Waals surface area (Å²) in [6, 6.07) is 11.1. The maximum absolute atomic E-state index is 12.7. The number of amides is 2. The Bertz CT molecular complexity index is 1070. The maximum atomic E-state index is 12.7. The number of anilines is 1. The Labute approximate surface area is 185 Å². The van der Waals surface area contributed by atoms with Gasteiger partial charge < -0.3 is 11.1 Å². The Kier molecular flexibility index (Phi) is 7.02. The molecule has 0 aliphatic carbocycles. The zero-order chi connectivity index (χ0) is 21.9. The fourth-order valence-corrected chi connectivity index (χ4v) is 5.19. The summed E-state index contributed by atoms with van der Waals surface area (Å²) in [4.78, 5) is 23.8. The van der Waals surface area contributed by atoms with Gasteiger partial charge in [-0.15, -0.1) is 0 Å². The fraction of sp³-hybridized carbons (Fsp3) is 0.300. The summed E-state index contributed by atoms with van der Waals surface area (Å²) >= 11 is 11.8. The molecule has 30 heavy (non-hydrogen) atoms. The average Bonchev–Trinajstić information content (AvgIpc) is 2.71. The van der Waals surface area contributed by atoms with Crippen LogP contribution in [0.3, 0.4) is 0 Å². The monoisotopic (exact) mass is 469 g/mol. The second kappa shape index (κ2) is 9.34. The summed E-state index contributed by atoms with van der Waals surface area (Å²) < 4.78 is 26.8. The van der Waals surface area contributed by atoms with Crippen molar-refractivity contribution in [1.82, 2.24) is 4.31 Å². The number of nitrogens with one attached hydrogen (secondary N) is 1. The molecule has 10 heteroatoms. The third kappa shape index (κ3) is 5.51. The van der Waals surface area contributed by atoms with E-state index in [9.17, 15) is 18.0 Å². The second-order valence-electron chi connectivity index (χ2n) is 7.11. The number of benzene rings is 2. The summed E-state index contributed by atoms with van der Waals surface area (Å²) in [5, 5.41) is 3.44. The standard InChI is InChI=1S/C20H21Cl2N3O4S/c21-17-5-4-13(10-18(17)22)12-30(28,29)25-8-6-14(7-9-25)20(27)24-16-3-1-2-15(11-16)19(23)26/h1-5,10-11,14H,6-9,12H2,(H2,23,26)(H,24,27). The van der Waals surface area contributed by atoms with E-state index in [0.717, 1.165) is 0 Å². The molecule has 2 amide bonds. The Hall–Kier alpha value is -2.13. The van der Waals surface area contributed by atoms with Crippen LogP contribution in [0.4, 0.5) is 5.69 Å². The third-order valence-corrected chi connectivity index (χ3v) is 7.55. The van der Waals surface area contributed by atoms with Crippen molar-refractivity contribution in [2.24, 2.45) is 11.7 Å². The van der Waals surface area contributed by atoms with Crippen molar-refractivity contribution in [2.45, 2.75) is 18.6 Å². The van der Waals surface area contributed by atoms with Crippen LogP contribution in [-0.4, -0.2) is 37.6 Å². The molecule has 1 aliphatic heterocycles. The molecule has 0 atom stereocenters. The molecule has 3 rings (SSSR count). The number of hydrogen-bond acceptors (Lipinski definition) is 4. The van der Waals surface area contributed by atoms with Gasteiger partial charge in [-0.05, 0) is 48.7 Å². The number of nitrogens with zero attached hydrogens (tertiary/aromatic N) is 1. The van der Waals surface area contributed by atoms with E-state index in [2.05, 4.69) is 5.32 Å². The fourth-order valence-electron chi connectivity index (χ4n) is 3.32. The number of halogens is 2. The molecule has 0 bridgehead atoms. The number of nitrogens with two attached hydrogens (primary N) is 1. The van der Waals surface area contributed by atoms with Crippen LogP contribution in [0.2, 0.25) is 10.0 Å². The number of carbonyl (C=O) groups is 2. The van der Waals surface area contributed by atoms with E-state index < -0.39 is 15.9 Å². The summed E-state index contributed by atoms with van der Waals surface area (Å²) in [6.45, 7) is 0.506. The van der Waals surface area contributed by atoms with Crippen LogP contribution in [0.5, 0.6) is 0 Å². The quantitative estimate of drug-likeness (QED) is 0.675. The lowest BCUT2D eigenvalue weighted by molar-refractivity contribution is -0.120. The summed E-state index contributed by atoms with van der Waals surface area (Å²) in [5.41, 5.74) is 6.59. The SMILES string of the molecule is NC(=O)c1cccc(NC(=O)C2CCN(S(=O)(=O)Cc3ccc(Cl)c(Cl)c3)CC2)c1. The average molecular weight is 470 g/mol. The molecule has 160 valence electrons. The van der Waals surface area contributed by atoms with Gasteiger partial charge in [0.05, 0.1) is 15.8 Å². The molecule has 1 saturated heterocycles. The van der Waals surface area contributed by atoms with E-state index >= 15 is 0 Å². The Morgan fingerprint density at radius 3 is 2.40 bits per heavy atom. The number of carbonyl (C=O) groups excluding carboxylic acids is 2. The molecule has 0 spiro atoms. The van der Waals surface area contributed by atoms with Gasteiger partial charge in [0.2, 0.25) is 21.8 Å². The van der Waals surface area contributed by atoms with Gasteiger partial charge in [0.1, 0.15) is 0 Å². The number of hydrogen-bond donors (Lipinski definition) is 2. The van der Waals surface area contributed by atoms with E-state index in [-0.39, 0.29) is 30.7 Å². The van der Waals surface area contributed by atoms with E-state index in [0.29, 0.717) is 39.7 Å². The molecule has 0 radical (unpaired) electrons. The Morgan fingerprint density at radius 1 is 1.07 bits per heavy atom. The molecule has 2 aromatic rings. The minimum atomic E-state index is -3.54. The number of rotatable bonds is 6. The van der Waals surface area contributed by atoms with Crippen LogP contribution in [-0.2, 0) is 20.6 Å². The maximum Gasteiger partial charge on any atom is 0.248 e. The molecule has 1 aliphatic rings. The molecular weight excluding hydrogens is 449 g/mol. The van der Waals surface area contributed by atoms with Gasteiger partial charge in [-0.3, -0.25) is 9.59 Å². The topological polar surface area (TPSA) is 110 Å². The van der Waals surface area contributed by atoms with Crippen LogP contribution in [0.15, 0.2) is 42.5 Å². The smallest absolute Gasteiger partial charge is 0.248 e. The molecule has 3 N–H and O–H groups in total. The Balaban J connectivity index is 1.58. The van der Waals surface area contributed by atoms with Crippen molar-refractivity contribution in [2.75, 3.05) is 18.4 Å². The number of sulfonamides is 1. The summed E-state index contributed by atoms with van der Waals surface area (Å²) in [7, 11) is -3.54. The largest absolute Gasteiger partial charge is 0.366 e. The highest BCUT2D eigenvalue weighted by Gasteiger charge is 2.31. The first-order valence-corrected chi connectivity index (χ1v) is 11.6. The normalized spacial score (nSPS) is 15.7. The van der Waals surface area contributed by atoms with Crippen LogP contribution >= 0.6 is 23.2 Å². The van der Waals surface area contributed by atoms with Gasteiger partial charge in [0, 0.05) is 30.3 Å². The first-order valence-electron chi connectivity index (χ1n) is 9.28. The van der Waals surface area contributed by atoms with Crippen LogP contribution in [0, 0.1) is 5.92 Å². The third-order valence-electron chi connectivity index (χ3n) is 4.97. The van der Waals surface area contributed by atoms with Gasteiger partial charge in [-0.1, -0.05) is 35.3 Å². The highest BCUT2D eigenvalue weighted by atomic mass is 35.5. The van der Waals surface area contributed by atoms with Gasteiger partial charge >= 0.3 is 0 Å². The first kappa shape index (κ1) is 22.6. The summed E-state index contributed by atoms with van der Waals surface area (Å²) in [6.07, 6.45) is 0.809. The number of primary amides is 1. The van der Waals surface area contributed by atoms with Gasteiger partial charge in [0.15, 0.2) is 0 Å². The lowest BCUT2D eigenvalue weighted by Gasteiger charge is -2.30. The Morgan fingerprint density at radius 2 is 1.77 bits per heavy atom. The highest BCUT2D eigenvalue weighted by molar-refractivity contribution is 7.88. The van der Waals surface area contributed by atoms with Crippen molar-refractivity contribution in [3.8, 4) is 0 Å². The van der Waals surface area contributed by atoms with Crippen LogP contribution in [0.1, 0.15) is 28.8 Å². The molecule has 1 fully saturated rings. The highest BCUT2D eigenvalue weighted by Crippen LogP contribution is 2.26. The van der Waals surface area contributed by atoms with E-state index in [1.165, 1.54) is 10.4 Å². The molecule has 0 unspecified atom stereocenters. The predicted octanol–water partition coefficient (Wildman–Crippen LogP) is 3.27. The van der Waals surface area contributed by atoms with Crippen molar-refractivity contribution in [3.05, 3.63) is 63.6 Å². The van der Waals surface area contributed by atoms with E-state index in [1.807, 2.05) is 0 Å². The minimum absolute atomic E-state index is 0.180. The lowest BCUT2D eigenvalue weighted by atomic mass is 9.97. The first-order chi connectivity index (χ1) is 14.2. The summed E-state index contributed by atoms with van der Waals surface area (Å²) in [5.74, 6) is -1.29.